The first kappa shape index (κ1) is 14.8. The van der Waals surface area contributed by atoms with Gasteiger partial charge in [-0.25, -0.2) is 0 Å². The summed E-state index contributed by atoms with van der Waals surface area (Å²) in [7, 11) is 0. The van der Waals surface area contributed by atoms with Crippen LogP contribution in [0.25, 0.3) is 11.1 Å². The third-order valence-corrected chi connectivity index (χ3v) is 4.23. The first-order chi connectivity index (χ1) is 10.4. The SMILES string of the molecule is Cc1cc(-c2cc(C)c(C(=O)C3CO3)c(C)c2)cc(C)c1O. The van der Waals surface area contributed by atoms with Crippen molar-refractivity contribution >= 4 is 5.78 Å². The van der Waals surface area contributed by atoms with E-state index >= 15 is 0 Å². The van der Waals surface area contributed by atoms with E-state index in [1.54, 1.807) is 0 Å². The third kappa shape index (κ3) is 2.53. The molecule has 0 radical (unpaired) electrons. The van der Waals surface area contributed by atoms with Crippen LogP contribution in [0.2, 0.25) is 0 Å². The van der Waals surface area contributed by atoms with Gasteiger partial charge in [-0.2, -0.15) is 0 Å². The van der Waals surface area contributed by atoms with E-state index in [0.717, 1.165) is 38.9 Å². The molecule has 1 saturated heterocycles. The van der Waals surface area contributed by atoms with E-state index in [9.17, 15) is 9.90 Å². The maximum Gasteiger partial charge on any atom is 0.194 e. The number of phenols is 1. The van der Waals surface area contributed by atoms with Crippen molar-refractivity contribution in [3.8, 4) is 16.9 Å². The Bertz CT molecular complexity index is 724. The predicted molar refractivity (Wildman–Crippen MR) is 86.6 cm³/mol. The van der Waals surface area contributed by atoms with Gasteiger partial charge in [-0.15, -0.1) is 0 Å². The summed E-state index contributed by atoms with van der Waals surface area (Å²) >= 11 is 0. The fourth-order valence-corrected chi connectivity index (χ4v) is 3.00. The Morgan fingerprint density at radius 3 is 1.77 bits per heavy atom. The number of phenolic OH excluding ortho intramolecular Hbond substituents is 1. The van der Waals surface area contributed by atoms with E-state index < -0.39 is 0 Å². The van der Waals surface area contributed by atoms with Crippen molar-refractivity contribution in [2.45, 2.75) is 33.8 Å². The normalized spacial score (nSPS) is 16.6. The van der Waals surface area contributed by atoms with Crippen LogP contribution in [0.5, 0.6) is 5.75 Å². The van der Waals surface area contributed by atoms with Crippen LogP contribution in [0.3, 0.4) is 0 Å². The smallest absolute Gasteiger partial charge is 0.194 e. The molecule has 0 aliphatic carbocycles. The number of hydrogen-bond donors (Lipinski definition) is 1. The van der Waals surface area contributed by atoms with Crippen molar-refractivity contribution in [3.05, 3.63) is 52.1 Å². The average molecular weight is 296 g/mol. The van der Waals surface area contributed by atoms with Gasteiger partial charge in [0.15, 0.2) is 5.78 Å². The summed E-state index contributed by atoms with van der Waals surface area (Å²) in [6.07, 6.45) is -0.249. The highest BCUT2D eigenvalue weighted by Gasteiger charge is 2.33. The molecule has 1 heterocycles. The van der Waals surface area contributed by atoms with Crippen molar-refractivity contribution in [2.24, 2.45) is 0 Å². The Kier molecular flexibility index (Phi) is 3.53. The van der Waals surface area contributed by atoms with E-state index in [1.807, 2.05) is 52.0 Å². The predicted octanol–water partition coefficient (Wildman–Crippen LogP) is 3.87. The number of carbonyl (C=O) groups excluding carboxylic acids is 1. The summed E-state index contributed by atoms with van der Waals surface area (Å²) in [5, 5.41) is 9.91. The molecule has 1 unspecified atom stereocenters. The summed E-state index contributed by atoms with van der Waals surface area (Å²) in [4.78, 5) is 12.3. The number of hydrogen-bond acceptors (Lipinski definition) is 3. The molecule has 1 aliphatic rings. The van der Waals surface area contributed by atoms with E-state index in [2.05, 4.69) is 0 Å². The molecule has 1 aliphatic heterocycles. The minimum Gasteiger partial charge on any atom is -0.507 e. The summed E-state index contributed by atoms with van der Waals surface area (Å²) in [5.74, 6) is 0.425. The van der Waals surface area contributed by atoms with Gasteiger partial charge in [0.25, 0.3) is 0 Å². The molecule has 0 bridgehead atoms. The number of epoxide rings is 1. The van der Waals surface area contributed by atoms with Gasteiger partial charge in [0.2, 0.25) is 0 Å². The Labute approximate surface area is 130 Å². The number of ether oxygens (including phenoxy) is 1. The zero-order valence-corrected chi connectivity index (χ0v) is 13.4. The maximum absolute atomic E-state index is 12.3. The van der Waals surface area contributed by atoms with E-state index in [-0.39, 0.29) is 11.9 Å². The monoisotopic (exact) mass is 296 g/mol. The van der Waals surface area contributed by atoms with Crippen LogP contribution in [0.4, 0.5) is 0 Å². The summed E-state index contributed by atoms with van der Waals surface area (Å²) in [5.41, 5.74) is 6.56. The molecule has 0 saturated carbocycles. The van der Waals surface area contributed by atoms with Crippen LogP contribution >= 0.6 is 0 Å². The largest absolute Gasteiger partial charge is 0.507 e. The van der Waals surface area contributed by atoms with Crippen LogP contribution in [0, 0.1) is 27.7 Å². The van der Waals surface area contributed by atoms with Gasteiger partial charge in [-0.05, 0) is 73.2 Å². The zero-order valence-electron chi connectivity index (χ0n) is 13.4. The van der Waals surface area contributed by atoms with Crippen LogP contribution in [0.15, 0.2) is 24.3 Å². The fraction of sp³-hybridized carbons (Fsp3) is 0.316. The lowest BCUT2D eigenvalue weighted by molar-refractivity contribution is 0.0952. The van der Waals surface area contributed by atoms with Gasteiger partial charge in [0, 0.05) is 5.56 Å². The van der Waals surface area contributed by atoms with Crippen LogP contribution in [-0.4, -0.2) is 23.6 Å². The third-order valence-electron chi connectivity index (χ3n) is 4.23. The van der Waals surface area contributed by atoms with Crippen LogP contribution in [-0.2, 0) is 4.74 Å². The van der Waals surface area contributed by atoms with Gasteiger partial charge in [-0.3, -0.25) is 4.79 Å². The topological polar surface area (TPSA) is 49.8 Å². The standard InChI is InChI=1S/C19H20O3/c1-10-5-14(15-7-12(3)18(20)13(4)8-15)6-11(2)17(10)19(21)16-9-22-16/h5-8,16,20H,9H2,1-4H3. The second kappa shape index (κ2) is 5.25. The van der Waals surface area contributed by atoms with Crippen LogP contribution < -0.4 is 0 Å². The highest BCUT2D eigenvalue weighted by Crippen LogP contribution is 2.32. The van der Waals surface area contributed by atoms with Crippen molar-refractivity contribution in [1.29, 1.82) is 0 Å². The van der Waals surface area contributed by atoms with E-state index in [4.69, 9.17) is 4.74 Å². The second-order valence-corrected chi connectivity index (χ2v) is 6.13. The van der Waals surface area contributed by atoms with Gasteiger partial charge in [-0.1, -0.05) is 12.1 Å². The van der Waals surface area contributed by atoms with Gasteiger partial charge in [0.1, 0.15) is 11.9 Å². The number of rotatable bonds is 3. The molecular weight excluding hydrogens is 276 g/mol. The molecule has 1 fully saturated rings. The Balaban J connectivity index is 2.08. The molecule has 2 aromatic carbocycles. The molecule has 3 heteroatoms. The average Bonchev–Trinajstić information content (AvgIpc) is 3.27. The Hall–Kier alpha value is -2.13. The van der Waals surface area contributed by atoms with Crippen molar-refractivity contribution in [2.75, 3.05) is 6.61 Å². The number of carbonyl (C=O) groups is 1. The van der Waals surface area contributed by atoms with Gasteiger partial charge < -0.3 is 9.84 Å². The first-order valence-electron chi connectivity index (χ1n) is 7.46. The fourth-order valence-electron chi connectivity index (χ4n) is 3.00. The molecule has 3 nitrogen and oxygen atoms in total. The molecular formula is C19H20O3. The summed E-state index contributed by atoms with van der Waals surface area (Å²) < 4.78 is 5.12. The minimum absolute atomic E-state index is 0.0830. The number of aromatic hydroxyl groups is 1. The lowest BCUT2D eigenvalue weighted by atomic mass is 9.91. The van der Waals surface area contributed by atoms with Gasteiger partial charge >= 0.3 is 0 Å². The molecule has 3 rings (SSSR count). The molecule has 0 aromatic heterocycles. The first-order valence-corrected chi connectivity index (χ1v) is 7.46. The Morgan fingerprint density at radius 2 is 1.36 bits per heavy atom. The molecule has 1 atom stereocenters. The maximum atomic E-state index is 12.3. The highest BCUT2D eigenvalue weighted by atomic mass is 16.6. The number of Topliss-reactive ketones (excluding diaryl/α,β-unsaturated/α-hetero) is 1. The molecule has 22 heavy (non-hydrogen) atoms. The van der Waals surface area contributed by atoms with E-state index in [1.165, 1.54) is 0 Å². The Morgan fingerprint density at radius 1 is 0.955 bits per heavy atom. The van der Waals surface area contributed by atoms with Crippen LogP contribution in [0.1, 0.15) is 32.6 Å². The molecule has 1 N–H and O–H groups in total. The minimum atomic E-state index is -0.249. The molecule has 2 aromatic rings. The number of ketones is 1. The highest BCUT2D eigenvalue weighted by molar-refractivity contribution is 6.03. The zero-order chi connectivity index (χ0) is 16.0. The molecule has 0 spiro atoms. The van der Waals surface area contributed by atoms with Gasteiger partial charge in [0.05, 0.1) is 6.61 Å². The number of aryl methyl sites for hydroxylation is 4. The lowest BCUT2D eigenvalue weighted by Crippen LogP contribution is -2.11. The number of benzene rings is 2. The summed E-state index contributed by atoms with van der Waals surface area (Å²) in [6.45, 7) is 8.26. The summed E-state index contributed by atoms with van der Waals surface area (Å²) in [6, 6.07) is 8.02. The molecule has 114 valence electrons. The molecule has 0 amide bonds. The van der Waals surface area contributed by atoms with Crippen molar-refractivity contribution < 1.29 is 14.6 Å². The van der Waals surface area contributed by atoms with Crippen molar-refractivity contribution in [3.63, 3.8) is 0 Å². The van der Waals surface area contributed by atoms with Crippen molar-refractivity contribution in [1.82, 2.24) is 0 Å². The second-order valence-electron chi connectivity index (χ2n) is 6.13. The quantitative estimate of drug-likeness (QED) is 0.691. The van der Waals surface area contributed by atoms with E-state index in [0.29, 0.717) is 12.4 Å². The lowest BCUT2D eigenvalue weighted by Gasteiger charge is -2.13.